The van der Waals surface area contributed by atoms with E-state index in [0.29, 0.717) is 16.1 Å². The first-order chi connectivity index (χ1) is 11.9. The summed E-state index contributed by atoms with van der Waals surface area (Å²) in [6.45, 7) is 1.86. The maximum Gasteiger partial charge on any atom is 0.336 e. The van der Waals surface area contributed by atoms with Crippen LogP contribution in [0.25, 0.3) is 10.4 Å². The molecule has 0 aliphatic carbocycles. The average molecular weight is 373 g/mol. The molecule has 0 aliphatic heterocycles. The summed E-state index contributed by atoms with van der Waals surface area (Å²) in [5, 5.41) is 10.6. The fourth-order valence-corrected chi connectivity index (χ4v) is 4.36. The molecular weight excluding hydrogens is 358 g/mol. The van der Waals surface area contributed by atoms with Crippen LogP contribution in [0.3, 0.4) is 0 Å². The molecule has 128 valence electrons. The minimum atomic E-state index is -3.73. The number of anilines is 1. The van der Waals surface area contributed by atoms with Gasteiger partial charge in [0.25, 0.3) is 10.0 Å². The number of aryl methyl sites for hydroxylation is 1. The summed E-state index contributed by atoms with van der Waals surface area (Å²) >= 11 is 1.26. The maximum absolute atomic E-state index is 12.6. The number of rotatable bonds is 5. The van der Waals surface area contributed by atoms with Crippen molar-refractivity contribution >= 4 is 33.0 Å². The normalized spacial score (nSPS) is 11.2. The summed E-state index contributed by atoms with van der Waals surface area (Å²) in [6.07, 6.45) is 0. The smallest absolute Gasteiger partial charge is 0.336 e. The minimum absolute atomic E-state index is 0.167. The van der Waals surface area contributed by atoms with E-state index in [-0.39, 0.29) is 10.5 Å². The molecule has 0 aliphatic rings. The highest BCUT2D eigenvalue weighted by atomic mass is 32.2. The van der Waals surface area contributed by atoms with E-state index in [9.17, 15) is 13.2 Å². The van der Waals surface area contributed by atoms with E-state index < -0.39 is 16.0 Å². The lowest BCUT2D eigenvalue weighted by atomic mass is 10.1. The summed E-state index contributed by atoms with van der Waals surface area (Å²) in [6, 6.07) is 15.0. The summed E-state index contributed by atoms with van der Waals surface area (Å²) in [4.78, 5) is 11.9. The lowest BCUT2D eigenvalue weighted by Gasteiger charge is -2.13. The van der Waals surface area contributed by atoms with Crippen LogP contribution in [0, 0.1) is 6.92 Å². The van der Waals surface area contributed by atoms with Crippen molar-refractivity contribution in [3.8, 4) is 10.4 Å². The van der Waals surface area contributed by atoms with Crippen LogP contribution in [0.5, 0.6) is 0 Å². The zero-order chi connectivity index (χ0) is 18.0. The molecule has 7 heteroatoms. The van der Waals surface area contributed by atoms with E-state index in [1.807, 2.05) is 13.0 Å². The van der Waals surface area contributed by atoms with Crippen LogP contribution in [0.15, 0.2) is 64.9 Å². The molecule has 0 radical (unpaired) electrons. The zero-order valence-corrected chi connectivity index (χ0v) is 14.9. The van der Waals surface area contributed by atoms with Crippen LogP contribution < -0.4 is 4.72 Å². The fraction of sp³-hybridized carbons (Fsp3) is 0.0556. The number of aromatic carboxylic acids is 1. The van der Waals surface area contributed by atoms with E-state index in [1.165, 1.54) is 34.9 Å². The predicted molar refractivity (Wildman–Crippen MR) is 98.7 cm³/mol. The van der Waals surface area contributed by atoms with E-state index in [4.69, 9.17) is 5.11 Å². The number of thiophene rings is 1. The Bertz CT molecular complexity index is 1020. The predicted octanol–water partition coefficient (Wildman–Crippen LogP) is 4.22. The van der Waals surface area contributed by atoms with Crippen LogP contribution in [0.1, 0.15) is 15.9 Å². The second kappa shape index (κ2) is 6.70. The SMILES string of the molecule is Cc1ccc(-c2cc(C(=O)O)cs2)c(NS(=O)(=O)c2ccccc2)c1. The largest absolute Gasteiger partial charge is 0.478 e. The quantitative estimate of drug-likeness (QED) is 0.701. The Morgan fingerprint density at radius 2 is 1.80 bits per heavy atom. The van der Waals surface area contributed by atoms with Crippen LogP contribution in [0.4, 0.5) is 5.69 Å². The molecule has 1 heterocycles. The second-order valence-corrected chi connectivity index (χ2v) is 8.07. The van der Waals surface area contributed by atoms with Gasteiger partial charge in [0.05, 0.1) is 16.1 Å². The Kier molecular flexibility index (Phi) is 4.61. The molecule has 2 aromatic carbocycles. The van der Waals surface area contributed by atoms with Gasteiger partial charge in [-0.25, -0.2) is 13.2 Å². The molecule has 0 spiro atoms. The first kappa shape index (κ1) is 17.2. The number of carboxylic acids is 1. The van der Waals surface area contributed by atoms with Crippen LogP contribution in [-0.4, -0.2) is 19.5 Å². The monoisotopic (exact) mass is 373 g/mol. The molecule has 0 unspecified atom stereocenters. The Morgan fingerprint density at radius 1 is 1.08 bits per heavy atom. The van der Waals surface area contributed by atoms with Crippen molar-refractivity contribution < 1.29 is 18.3 Å². The van der Waals surface area contributed by atoms with Crippen molar-refractivity contribution in [2.24, 2.45) is 0 Å². The molecule has 5 nitrogen and oxygen atoms in total. The number of carboxylic acid groups (broad SMARTS) is 1. The maximum atomic E-state index is 12.6. The van der Waals surface area contributed by atoms with Crippen molar-refractivity contribution in [2.75, 3.05) is 4.72 Å². The van der Waals surface area contributed by atoms with Crippen LogP contribution >= 0.6 is 11.3 Å². The van der Waals surface area contributed by atoms with E-state index >= 15 is 0 Å². The molecule has 3 aromatic rings. The first-order valence-corrected chi connectivity index (χ1v) is 9.74. The summed E-state index contributed by atoms with van der Waals surface area (Å²) < 4.78 is 27.8. The zero-order valence-electron chi connectivity index (χ0n) is 13.3. The minimum Gasteiger partial charge on any atom is -0.478 e. The van der Waals surface area contributed by atoms with Crippen molar-refractivity contribution in [1.29, 1.82) is 0 Å². The highest BCUT2D eigenvalue weighted by molar-refractivity contribution is 7.92. The number of hydrogen-bond acceptors (Lipinski definition) is 4. The number of benzene rings is 2. The third-order valence-corrected chi connectivity index (χ3v) is 5.93. The number of nitrogens with one attached hydrogen (secondary N) is 1. The van der Waals surface area contributed by atoms with Gasteiger partial charge in [0.2, 0.25) is 0 Å². The Morgan fingerprint density at radius 3 is 2.44 bits per heavy atom. The van der Waals surface area contributed by atoms with Gasteiger partial charge >= 0.3 is 5.97 Å². The molecule has 0 amide bonds. The first-order valence-electron chi connectivity index (χ1n) is 7.37. The van der Waals surface area contributed by atoms with Crippen molar-refractivity contribution in [3.05, 3.63) is 71.1 Å². The van der Waals surface area contributed by atoms with Gasteiger partial charge in [-0.1, -0.05) is 30.3 Å². The van der Waals surface area contributed by atoms with Gasteiger partial charge in [-0.3, -0.25) is 4.72 Å². The van der Waals surface area contributed by atoms with Gasteiger partial charge in [0.1, 0.15) is 0 Å². The van der Waals surface area contributed by atoms with Crippen LogP contribution in [-0.2, 0) is 10.0 Å². The van der Waals surface area contributed by atoms with Crippen LogP contribution in [0.2, 0.25) is 0 Å². The van der Waals surface area contributed by atoms with Crippen molar-refractivity contribution in [2.45, 2.75) is 11.8 Å². The van der Waals surface area contributed by atoms with Gasteiger partial charge in [-0.05, 0) is 36.8 Å². The number of hydrogen-bond donors (Lipinski definition) is 2. The molecule has 0 saturated heterocycles. The highest BCUT2D eigenvalue weighted by Crippen LogP contribution is 2.35. The third-order valence-electron chi connectivity index (χ3n) is 3.58. The van der Waals surface area contributed by atoms with E-state index in [1.54, 1.807) is 30.3 Å². The van der Waals surface area contributed by atoms with Gasteiger partial charge in [0, 0.05) is 15.8 Å². The Labute approximate surface area is 149 Å². The Hall–Kier alpha value is -2.64. The lowest BCUT2D eigenvalue weighted by Crippen LogP contribution is -2.13. The van der Waals surface area contributed by atoms with Gasteiger partial charge in [-0.15, -0.1) is 11.3 Å². The molecule has 3 rings (SSSR count). The molecule has 2 N–H and O–H groups in total. The third kappa shape index (κ3) is 3.72. The van der Waals surface area contributed by atoms with Gasteiger partial charge in [0.15, 0.2) is 0 Å². The molecule has 25 heavy (non-hydrogen) atoms. The topological polar surface area (TPSA) is 83.5 Å². The Balaban J connectivity index is 2.04. The summed E-state index contributed by atoms with van der Waals surface area (Å²) in [7, 11) is -3.73. The molecular formula is C18H15NO4S2. The molecule has 0 saturated carbocycles. The molecule has 0 atom stereocenters. The number of carbonyl (C=O) groups is 1. The number of sulfonamides is 1. The molecule has 0 bridgehead atoms. The van der Waals surface area contributed by atoms with E-state index in [2.05, 4.69) is 4.72 Å². The molecule has 1 aromatic heterocycles. The average Bonchev–Trinajstić information content (AvgIpc) is 3.05. The second-order valence-electron chi connectivity index (χ2n) is 5.47. The van der Waals surface area contributed by atoms with Crippen molar-refractivity contribution in [3.63, 3.8) is 0 Å². The lowest BCUT2D eigenvalue weighted by molar-refractivity contribution is 0.0697. The summed E-state index contributed by atoms with van der Waals surface area (Å²) in [5.41, 5.74) is 2.13. The molecule has 0 fully saturated rings. The van der Waals surface area contributed by atoms with E-state index in [0.717, 1.165) is 5.56 Å². The standard InChI is InChI=1S/C18H15NO4S2/c1-12-7-8-15(17-10-13(11-24-17)18(20)21)16(9-12)19-25(22,23)14-5-3-2-4-6-14/h2-11,19H,1H3,(H,20,21). The highest BCUT2D eigenvalue weighted by Gasteiger charge is 2.18. The summed E-state index contributed by atoms with van der Waals surface area (Å²) in [5.74, 6) is -1.01. The van der Waals surface area contributed by atoms with Crippen molar-refractivity contribution in [1.82, 2.24) is 0 Å². The fourth-order valence-electron chi connectivity index (χ4n) is 2.35. The van der Waals surface area contributed by atoms with Gasteiger partial charge in [-0.2, -0.15) is 0 Å². The van der Waals surface area contributed by atoms with Gasteiger partial charge < -0.3 is 5.11 Å².